The summed E-state index contributed by atoms with van der Waals surface area (Å²) in [7, 11) is 0. The molecule has 0 amide bonds. The summed E-state index contributed by atoms with van der Waals surface area (Å²) in [5, 5.41) is 0. The molecule has 2 nitrogen and oxygen atoms in total. The van der Waals surface area contributed by atoms with Gasteiger partial charge in [0.15, 0.2) is 0 Å². The van der Waals surface area contributed by atoms with Crippen molar-refractivity contribution < 1.29 is 34.8 Å². The fraction of sp³-hybridized carbons (Fsp3) is 0.321. The Morgan fingerprint density at radius 2 is 1.44 bits per heavy atom. The molecule has 32 heavy (non-hydrogen) atoms. The zero-order valence-electron chi connectivity index (χ0n) is 20.0. The van der Waals surface area contributed by atoms with E-state index in [0.717, 1.165) is 0 Å². The minimum Gasteiger partial charge on any atom is -1.00 e. The summed E-state index contributed by atoms with van der Waals surface area (Å²) in [5.41, 5.74) is 11.9. The van der Waals surface area contributed by atoms with E-state index in [-0.39, 0.29) is 34.8 Å². The van der Waals surface area contributed by atoms with Crippen LogP contribution in [0.15, 0.2) is 60.5 Å². The van der Waals surface area contributed by atoms with E-state index >= 15 is 0 Å². The van der Waals surface area contributed by atoms with Gasteiger partial charge >= 0.3 is 22.4 Å². The summed E-state index contributed by atoms with van der Waals surface area (Å²) in [6, 6.07) is 11.3. The predicted molar refractivity (Wildman–Crippen MR) is 129 cm³/mol. The molecule has 0 bridgehead atoms. The second-order valence-corrected chi connectivity index (χ2v) is 9.23. The van der Waals surface area contributed by atoms with Crippen LogP contribution in [-0.2, 0) is 22.4 Å². The molecule has 2 aromatic rings. The van der Waals surface area contributed by atoms with Gasteiger partial charge in [-0.15, -0.1) is 6.67 Å². The zero-order valence-corrected chi connectivity index (χ0v) is 22.9. The maximum Gasteiger partial charge on any atom is 1.00 e. The average molecular weight is 630 g/mol. The van der Waals surface area contributed by atoms with Crippen LogP contribution in [0.25, 0.3) is 5.70 Å². The van der Waals surface area contributed by atoms with Crippen molar-refractivity contribution in [2.75, 3.05) is 4.90 Å². The summed E-state index contributed by atoms with van der Waals surface area (Å²) in [6.45, 7) is 18.0. The van der Waals surface area contributed by atoms with Crippen molar-refractivity contribution in [2.24, 2.45) is 0 Å². The third-order valence-electron chi connectivity index (χ3n) is 6.10. The smallest absolute Gasteiger partial charge is 1.00 e. The molecule has 0 spiro atoms. The Hall–Kier alpha value is -1.71. The first-order chi connectivity index (χ1) is 14.3. The molecule has 0 N–H and O–H groups in total. The van der Waals surface area contributed by atoms with Crippen LogP contribution in [0.3, 0.4) is 0 Å². The number of allylic oxidation sites excluding steroid dienone is 3. The van der Waals surface area contributed by atoms with E-state index in [1.54, 1.807) is 0 Å². The van der Waals surface area contributed by atoms with E-state index in [9.17, 15) is 0 Å². The Morgan fingerprint density at radius 3 is 1.97 bits per heavy atom. The van der Waals surface area contributed by atoms with E-state index in [0.29, 0.717) is 11.8 Å². The second kappa shape index (κ2) is 10.5. The first-order valence-corrected chi connectivity index (χ1v) is 11.0. The first kappa shape index (κ1) is 26.5. The number of aryl methyl sites for hydroxylation is 3. The Bertz CT molecular complexity index is 1030. The number of rotatable bonds is 4. The predicted octanol–water partition coefficient (Wildman–Crippen LogP) is 4.55. The van der Waals surface area contributed by atoms with Crippen molar-refractivity contribution in [1.29, 1.82) is 0 Å². The van der Waals surface area contributed by atoms with Crippen LogP contribution in [0, 0.1) is 27.4 Å². The topological polar surface area (TPSA) is 6.48 Å². The van der Waals surface area contributed by atoms with Crippen molar-refractivity contribution in [2.45, 2.75) is 60.3 Å². The van der Waals surface area contributed by atoms with Crippen LogP contribution in [0.2, 0.25) is 0 Å². The number of nitrogens with zero attached hydrogens (tertiary/aromatic N) is 2. The standard InChI is InChI=1S/C28H33N2.Au.ClH/c1-18(2)24-11-9-12-25(19(3)4)28(24)29-16-23-10-8-13-26(30(23)17-29)27-21(6)14-20(5)15-22(27)7;;/h8-19H,1-7H3;;1H/q-1;+1;/p-1. The van der Waals surface area contributed by atoms with Gasteiger partial charge in [0.1, 0.15) is 0 Å². The molecule has 2 aliphatic rings. The van der Waals surface area contributed by atoms with Crippen molar-refractivity contribution in [3.63, 3.8) is 0 Å². The molecule has 0 radical (unpaired) electrons. The van der Waals surface area contributed by atoms with Gasteiger partial charge in [0, 0.05) is 22.6 Å². The summed E-state index contributed by atoms with van der Waals surface area (Å²) in [4.78, 5) is 4.67. The molecule has 2 aliphatic heterocycles. The molecule has 174 valence electrons. The molecular weight excluding hydrogens is 597 g/mol. The number of halogens is 1. The molecule has 0 unspecified atom stereocenters. The van der Waals surface area contributed by atoms with Crippen molar-refractivity contribution in [3.05, 3.63) is 101 Å². The average Bonchev–Trinajstić information content (AvgIpc) is 3.11. The van der Waals surface area contributed by atoms with E-state index in [2.05, 4.69) is 120 Å². The van der Waals surface area contributed by atoms with Crippen LogP contribution >= 0.6 is 0 Å². The van der Waals surface area contributed by atoms with Gasteiger partial charge in [-0.2, -0.15) is 0 Å². The van der Waals surface area contributed by atoms with Gasteiger partial charge in [-0.3, -0.25) is 0 Å². The largest absolute Gasteiger partial charge is 1.00 e. The summed E-state index contributed by atoms with van der Waals surface area (Å²) in [5.74, 6) is 0.936. The Kier molecular flexibility index (Phi) is 8.69. The van der Waals surface area contributed by atoms with Crippen LogP contribution in [0.4, 0.5) is 5.69 Å². The normalized spacial score (nSPS) is 14.8. The minimum absolute atomic E-state index is 0. The molecule has 0 atom stereocenters. The molecular formula is C28H33AuClN2-. The third kappa shape index (κ3) is 4.79. The van der Waals surface area contributed by atoms with E-state index in [1.807, 2.05) is 0 Å². The first-order valence-electron chi connectivity index (χ1n) is 11.0. The van der Waals surface area contributed by atoms with Gasteiger partial charge in [-0.25, -0.2) is 0 Å². The monoisotopic (exact) mass is 629 g/mol. The SMILES string of the molecule is Cc1cc(C)c(C2=CC=CC3=CN(c4c(C(C)C)cccc4C(C)C)[CH-]N32)c(C)c1.[Au+].[Cl-]. The number of hydrogen-bond acceptors (Lipinski definition) is 2. The van der Waals surface area contributed by atoms with Gasteiger partial charge in [-0.05, 0) is 73.2 Å². The van der Waals surface area contributed by atoms with Gasteiger partial charge in [-0.1, -0.05) is 69.7 Å². The molecule has 0 saturated carbocycles. The molecule has 0 fully saturated rings. The summed E-state index contributed by atoms with van der Waals surface area (Å²) in [6.07, 6.45) is 8.88. The quantitative estimate of drug-likeness (QED) is 0.362. The molecule has 0 saturated heterocycles. The number of benzene rings is 2. The molecule has 0 aromatic heterocycles. The third-order valence-corrected chi connectivity index (χ3v) is 6.10. The van der Waals surface area contributed by atoms with Crippen LogP contribution < -0.4 is 17.3 Å². The van der Waals surface area contributed by atoms with Gasteiger partial charge < -0.3 is 22.2 Å². The molecule has 2 aromatic carbocycles. The van der Waals surface area contributed by atoms with Crippen molar-refractivity contribution in [3.8, 4) is 0 Å². The maximum atomic E-state index is 2.34. The van der Waals surface area contributed by atoms with Crippen LogP contribution in [0.1, 0.15) is 72.9 Å². The van der Waals surface area contributed by atoms with Crippen LogP contribution in [0.5, 0.6) is 0 Å². The number of para-hydroxylation sites is 1. The van der Waals surface area contributed by atoms with Crippen LogP contribution in [-0.4, -0.2) is 4.90 Å². The molecule has 4 rings (SSSR count). The van der Waals surface area contributed by atoms with E-state index in [1.165, 1.54) is 50.5 Å². The fourth-order valence-electron chi connectivity index (χ4n) is 4.79. The zero-order chi connectivity index (χ0) is 21.6. The van der Waals surface area contributed by atoms with E-state index < -0.39 is 0 Å². The molecule has 0 aliphatic carbocycles. The number of anilines is 1. The Morgan fingerprint density at radius 1 is 0.875 bits per heavy atom. The minimum atomic E-state index is 0. The molecule has 4 heteroatoms. The fourth-order valence-corrected chi connectivity index (χ4v) is 4.79. The summed E-state index contributed by atoms with van der Waals surface area (Å²) >= 11 is 0. The number of hydrogen-bond donors (Lipinski definition) is 0. The Balaban J connectivity index is 0.00000181. The van der Waals surface area contributed by atoms with Gasteiger partial charge in [0.2, 0.25) is 0 Å². The van der Waals surface area contributed by atoms with Crippen molar-refractivity contribution in [1.82, 2.24) is 4.90 Å². The van der Waals surface area contributed by atoms with Crippen molar-refractivity contribution >= 4 is 11.4 Å². The van der Waals surface area contributed by atoms with Gasteiger partial charge in [0.05, 0.1) is 0 Å². The van der Waals surface area contributed by atoms with Gasteiger partial charge in [0.25, 0.3) is 0 Å². The number of fused-ring (bicyclic) bond motifs is 1. The summed E-state index contributed by atoms with van der Waals surface area (Å²) < 4.78 is 0. The Labute approximate surface area is 216 Å². The maximum absolute atomic E-state index is 2.34. The molecule has 2 heterocycles. The second-order valence-electron chi connectivity index (χ2n) is 9.23. The van der Waals surface area contributed by atoms with E-state index in [4.69, 9.17) is 0 Å².